The minimum absolute atomic E-state index is 0. The van der Waals surface area contributed by atoms with Gasteiger partial charge in [0.25, 0.3) is 15.9 Å². The molecule has 0 spiro atoms. The normalized spacial score (nSPS) is 15.2. The van der Waals surface area contributed by atoms with E-state index in [0.29, 0.717) is 26.2 Å². The highest BCUT2D eigenvalue weighted by atomic mass is 35.5. The third kappa shape index (κ3) is 6.45. The van der Waals surface area contributed by atoms with Gasteiger partial charge in [0, 0.05) is 39.5 Å². The molecule has 1 unspecified atom stereocenters. The average molecular weight is 572 g/mol. The van der Waals surface area contributed by atoms with Crippen molar-refractivity contribution < 1.29 is 32.5 Å². The van der Waals surface area contributed by atoms with Gasteiger partial charge in [-0.2, -0.15) is 13.2 Å². The van der Waals surface area contributed by atoms with Crippen LogP contribution in [-0.2, 0) is 21.0 Å². The van der Waals surface area contributed by atoms with E-state index in [1.165, 1.54) is 43.7 Å². The number of anilines is 2. The molecule has 1 amide bonds. The molecule has 204 valence electrons. The van der Waals surface area contributed by atoms with Gasteiger partial charge in [0.1, 0.15) is 17.9 Å². The van der Waals surface area contributed by atoms with Crippen LogP contribution in [0.15, 0.2) is 66.0 Å². The molecule has 0 bridgehead atoms. The summed E-state index contributed by atoms with van der Waals surface area (Å²) in [6, 6.07) is 10.9. The van der Waals surface area contributed by atoms with E-state index >= 15 is 0 Å². The van der Waals surface area contributed by atoms with Gasteiger partial charge in [0.05, 0.1) is 15.5 Å². The van der Waals surface area contributed by atoms with Gasteiger partial charge < -0.3 is 14.5 Å². The summed E-state index contributed by atoms with van der Waals surface area (Å²) in [7, 11) is -3.82. The first-order valence-corrected chi connectivity index (χ1v) is 13.3. The zero-order valence-corrected chi connectivity index (χ0v) is 21.6. The third-order valence-corrected chi connectivity index (χ3v) is 7.53. The molecule has 2 aromatic carbocycles. The summed E-state index contributed by atoms with van der Waals surface area (Å²) < 4.78 is 72.3. The smallest absolute Gasteiger partial charge is 0.417 e. The Hall–Kier alpha value is -3.58. The fourth-order valence-corrected chi connectivity index (χ4v) is 5.11. The number of hydrogen-bond donors (Lipinski definition) is 1. The second-order valence-corrected chi connectivity index (χ2v) is 10.5. The lowest BCUT2D eigenvalue weighted by Crippen LogP contribution is -2.52. The molecule has 38 heavy (non-hydrogen) atoms. The highest BCUT2D eigenvalue weighted by Gasteiger charge is 2.34. The van der Waals surface area contributed by atoms with Crippen molar-refractivity contribution in [1.29, 1.82) is 0 Å². The number of alkyl halides is 3. The number of benzene rings is 2. The molecule has 1 aliphatic rings. The molecular formula is C24H25ClF3N5O4S. The van der Waals surface area contributed by atoms with Crippen LogP contribution in [0.4, 0.5) is 24.7 Å². The van der Waals surface area contributed by atoms with E-state index in [-0.39, 0.29) is 23.8 Å². The Labute approximate surface area is 223 Å². The van der Waals surface area contributed by atoms with E-state index in [1.807, 2.05) is 4.90 Å². The Morgan fingerprint density at radius 3 is 2.39 bits per heavy atom. The van der Waals surface area contributed by atoms with E-state index < -0.39 is 32.9 Å². The summed E-state index contributed by atoms with van der Waals surface area (Å²) in [5.74, 6) is -0.309. The number of sulfonamides is 1. The van der Waals surface area contributed by atoms with Crippen LogP contribution in [0.5, 0.6) is 5.75 Å². The summed E-state index contributed by atoms with van der Waals surface area (Å²) in [5.41, 5.74) is -0.253. The van der Waals surface area contributed by atoms with Crippen LogP contribution in [0, 0.1) is 0 Å². The predicted octanol–water partition coefficient (Wildman–Crippen LogP) is 4.31. The molecule has 1 fully saturated rings. The van der Waals surface area contributed by atoms with Crippen molar-refractivity contribution in [3.05, 3.63) is 71.6 Å². The van der Waals surface area contributed by atoms with E-state index in [0.717, 1.165) is 17.8 Å². The molecule has 0 saturated carbocycles. The van der Waals surface area contributed by atoms with Crippen molar-refractivity contribution in [1.82, 2.24) is 14.9 Å². The number of ether oxygens (including phenoxy) is 1. The van der Waals surface area contributed by atoms with Gasteiger partial charge in [-0.3, -0.25) is 9.52 Å². The maximum atomic E-state index is 13.1. The molecule has 4 rings (SSSR count). The Kier molecular flexibility index (Phi) is 7.97. The van der Waals surface area contributed by atoms with Crippen LogP contribution in [0.2, 0.25) is 5.02 Å². The molecule has 1 saturated heterocycles. The number of amides is 1. The maximum absolute atomic E-state index is 13.1. The van der Waals surface area contributed by atoms with Crippen molar-refractivity contribution in [2.24, 2.45) is 0 Å². The minimum atomic E-state index is -4.64. The van der Waals surface area contributed by atoms with Gasteiger partial charge >= 0.3 is 6.18 Å². The first-order chi connectivity index (χ1) is 17.9. The number of piperazine rings is 1. The Morgan fingerprint density at radius 1 is 1.11 bits per heavy atom. The number of carbonyl (C=O) groups excluding carboxylic acids is 1. The molecule has 1 aliphatic heterocycles. The SMILES string of the molecule is CC(Oc1ccc(Cl)c(C(F)(F)F)c1)C(=O)N1CCN(c2ccc(S(=O)(=O)Nc3ccncn3)cc2)CC1.[HH]. The summed E-state index contributed by atoms with van der Waals surface area (Å²) in [6.45, 7) is 3.14. The molecular weight excluding hydrogens is 547 g/mol. The quantitative estimate of drug-likeness (QED) is 0.450. The summed E-state index contributed by atoms with van der Waals surface area (Å²) >= 11 is 5.64. The van der Waals surface area contributed by atoms with Crippen LogP contribution in [0.1, 0.15) is 13.9 Å². The first kappa shape index (κ1) is 27.5. The van der Waals surface area contributed by atoms with E-state index in [9.17, 15) is 26.4 Å². The maximum Gasteiger partial charge on any atom is 0.417 e. The lowest BCUT2D eigenvalue weighted by atomic mass is 10.2. The zero-order valence-electron chi connectivity index (χ0n) is 20.0. The van der Waals surface area contributed by atoms with Crippen LogP contribution in [0.25, 0.3) is 0 Å². The van der Waals surface area contributed by atoms with Gasteiger partial charge in [0.2, 0.25) is 0 Å². The van der Waals surface area contributed by atoms with E-state index in [4.69, 9.17) is 16.3 Å². The van der Waals surface area contributed by atoms with Crippen LogP contribution in [-0.4, -0.2) is 61.5 Å². The van der Waals surface area contributed by atoms with Crippen molar-refractivity contribution in [3.8, 4) is 5.75 Å². The van der Waals surface area contributed by atoms with Gasteiger partial charge in [-0.25, -0.2) is 18.4 Å². The molecule has 1 aromatic heterocycles. The summed E-state index contributed by atoms with van der Waals surface area (Å²) in [6.07, 6.45) is -2.99. The van der Waals surface area contributed by atoms with Crippen molar-refractivity contribution in [2.75, 3.05) is 35.8 Å². The Bertz CT molecular complexity index is 1390. The van der Waals surface area contributed by atoms with Crippen LogP contribution < -0.4 is 14.4 Å². The monoisotopic (exact) mass is 571 g/mol. The second-order valence-electron chi connectivity index (χ2n) is 8.41. The molecule has 1 N–H and O–H groups in total. The number of nitrogens with zero attached hydrogens (tertiary/aromatic N) is 4. The van der Waals surface area contributed by atoms with Gasteiger partial charge in [-0.1, -0.05) is 11.6 Å². The standard InChI is InChI=1S/C24H23ClF3N5O4S.H2/c1-16(37-18-4-7-21(25)20(14-18)24(26,27)28)23(34)33-12-10-32(11-13-33)17-2-5-19(6-3-17)38(35,36)31-22-8-9-29-15-30-22;/h2-9,14-16H,10-13H2,1H3,(H,29,30,31);1H. The predicted molar refractivity (Wildman–Crippen MR) is 137 cm³/mol. The average Bonchev–Trinajstić information content (AvgIpc) is 2.89. The van der Waals surface area contributed by atoms with E-state index in [1.54, 1.807) is 17.0 Å². The third-order valence-electron chi connectivity index (χ3n) is 5.83. The fourth-order valence-electron chi connectivity index (χ4n) is 3.88. The Balaban J connectivity index is 0.00000420. The van der Waals surface area contributed by atoms with Gasteiger partial charge in [0.15, 0.2) is 6.10 Å². The van der Waals surface area contributed by atoms with Crippen molar-refractivity contribution in [3.63, 3.8) is 0 Å². The number of nitrogens with one attached hydrogen (secondary N) is 1. The molecule has 1 atom stereocenters. The molecule has 14 heteroatoms. The highest BCUT2D eigenvalue weighted by molar-refractivity contribution is 7.92. The molecule has 0 aliphatic carbocycles. The van der Waals surface area contributed by atoms with Gasteiger partial charge in [-0.15, -0.1) is 0 Å². The number of rotatable bonds is 7. The number of aromatic nitrogens is 2. The second kappa shape index (κ2) is 11.0. The minimum Gasteiger partial charge on any atom is -0.481 e. The summed E-state index contributed by atoms with van der Waals surface area (Å²) in [5, 5.41) is -0.451. The highest BCUT2D eigenvalue weighted by Crippen LogP contribution is 2.37. The lowest BCUT2D eigenvalue weighted by Gasteiger charge is -2.37. The zero-order chi connectivity index (χ0) is 27.5. The molecule has 9 nitrogen and oxygen atoms in total. The first-order valence-electron chi connectivity index (χ1n) is 11.4. The van der Waals surface area contributed by atoms with E-state index in [2.05, 4.69) is 14.7 Å². The van der Waals surface area contributed by atoms with Gasteiger partial charge in [-0.05, 0) is 55.5 Å². The number of halogens is 4. The van der Waals surface area contributed by atoms with Crippen LogP contribution in [0.3, 0.4) is 0 Å². The topological polar surface area (TPSA) is 105 Å². The summed E-state index contributed by atoms with van der Waals surface area (Å²) in [4.78, 5) is 24.1. The van der Waals surface area contributed by atoms with Crippen LogP contribution >= 0.6 is 11.6 Å². The Morgan fingerprint density at radius 2 is 1.79 bits per heavy atom. The van der Waals surface area contributed by atoms with Crippen molar-refractivity contribution >= 4 is 39.0 Å². The fraction of sp³-hybridized carbons (Fsp3) is 0.292. The lowest BCUT2D eigenvalue weighted by molar-refractivity contribution is -0.138. The molecule has 2 heterocycles. The number of carbonyl (C=O) groups is 1. The molecule has 0 radical (unpaired) electrons. The van der Waals surface area contributed by atoms with Crippen molar-refractivity contribution in [2.45, 2.75) is 24.1 Å². The largest absolute Gasteiger partial charge is 0.481 e. The molecule has 3 aromatic rings. The number of hydrogen-bond acceptors (Lipinski definition) is 7.